The van der Waals surface area contributed by atoms with Crippen LogP contribution in [0.5, 0.6) is 0 Å². The van der Waals surface area contributed by atoms with Crippen LogP contribution < -0.4 is 5.32 Å². The molecule has 0 spiro atoms. The van der Waals surface area contributed by atoms with E-state index in [2.05, 4.69) is 22.3 Å². The number of carbonyl (C=O) groups excluding carboxylic acids is 1. The first kappa shape index (κ1) is 23.2. The highest BCUT2D eigenvalue weighted by atomic mass is 32.2. The molecule has 1 aliphatic carbocycles. The lowest BCUT2D eigenvalue weighted by molar-refractivity contribution is -0.117. The van der Waals surface area contributed by atoms with Gasteiger partial charge >= 0.3 is 0 Å². The number of rotatable bonds is 10. The third-order valence-electron chi connectivity index (χ3n) is 5.73. The van der Waals surface area contributed by atoms with Gasteiger partial charge in [-0.25, -0.2) is 8.42 Å². The average Bonchev–Trinajstić information content (AvgIpc) is 3.66. The lowest BCUT2D eigenvalue weighted by Crippen LogP contribution is -2.34. The summed E-state index contributed by atoms with van der Waals surface area (Å²) >= 11 is 0. The molecule has 1 fully saturated rings. The van der Waals surface area contributed by atoms with Gasteiger partial charge in [-0.3, -0.25) is 9.69 Å². The van der Waals surface area contributed by atoms with Crippen molar-refractivity contribution in [3.05, 3.63) is 96.1 Å². The normalized spacial score (nSPS) is 13.9. The molecule has 7 heteroatoms. The predicted molar refractivity (Wildman–Crippen MR) is 130 cm³/mol. The minimum atomic E-state index is -3.63. The second-order valence-electron chi connectivity index (χ2n) is 8.44. The van der Waals surface area contributed by atoms with Crippen LogP contribution in [0.1, 0.15) is 24.0 Å². The van der Waals surface area contributed by atoms with Crippen molar-refractivity contribution in [1.29, 1.82) is 0 Å². The van der Waals surface area contributed by atoms with Crippen molar-refractivity contribution < 1.29 is 13.2 Å². The van der Waals surface area contributed by atoms with Gasteiger partial charge in [0.2, 0.25) is 15.9 Å². The molecule has 1 aliphatic rings. The summed E-state index contributed by atoms with van der Waals surface area (Å²) in [7, 11) is -2.06. The van der Waals surface area contributed by atoms with Gasteiger partial charge in [-0.1, -0.05) is 60.7 Å². The minimum Gasteiger partial charge on any atom is -0.325 e. The van der Waals surface area contributed by atoms with Gasteiger partial charge in [0, 0.05) is 31.9 Å². The maximum atomic E-state index is 12.9. The maximum Gasteiger partial charge on any atom is 0.243 e. The summed E-state index contributed by atoms with van der Waals surface area (Å²) < 4.78 is 27.1. The third-order valence-corrected chi connectivity index (χ3v) is 7.55. The summed E-state index contributed by atoms with van der Waals surface area (Å²) in [6, 6.07) is 26.4. The van der Waals surface area contributed by atoms with Crippen LogP contribution in [-0.4, -0.2) is 43.2 Å². The van der Waals surface area contributed by atoms with Gasteiger partial charge in [-0.2, -0.15) is 4.31 Å². The first-order valence-electron chi connectivity index (χ1n) is 11.1. The number of nitrogens with zero attached hydrogens (tertiary/aromatic N) is 2. The molecule has 1 N–H and O–H groups in total. The van der Waals surface area contributed by atoms with E-state index in [1.165, 1.54) is 22.0 Å². The number of amides is 1. The van der Waals surface area contributed by atoms with Crippen LogP contribution in [0.25, 0.3) is 0 Å². The largest absolute Gasteiger partial charge is 0.325 e. The molecule has 3 aromatic rings. The molecular weight excluding hydrogens is 434 g/mol. The molecule has 0 saturated heterocycles. The predicted octanol–water partition coefficient (Wildman–Crippen LogP) is 4.11. The number of sulfonamides is 1. The molecule has 0 aromatic heterocycles. The van der Waals surface area contributed by atoms with Gasteiger partial charge < -0.3 is 5.32 Å². The van der Waals surface area contributed by atoms with Crippen molar-refractivity contribution in [2.45, 2.75) is 36.9 Å². The Morgan fingerprint density at radius 2 is 1.39 bits per heavy atom. The molecule has 1 saturated carbocycles. The van der Waals surface area contributed by atoms with Crippen LogP contribution in [0.15, 0.2) is 89.8 Å². The highest BCUT2D eigenvalue weighted by Crippen LogP contribution is 2.28. The van der Waals surface area contributed by atoms with Crippen LogP contribution in [0.4, 0.5) is 5.69 Å². The summed E-state index contributed by atoms with van der Waals surface area (Å²) in [6.07, 6.45) is 2.23. The molecule has 6 nitrogen and oxygen atoms in total. The van der Waals surface area contributed by atoms with Crippen molar-refractivity contribution >= 4 is 21.6 Å². The van der Waals surface area contributed by atoms with E-state index in [1.54, 1.807) is 19.2 Å². The number of hydrogen-bond donors (Lipinski definition) is 1. The fourth-order valence-corrected chi connectivity index (χ4v) is 4.93. The van der Waals surface area contributed by atoms with Gasteiger partial charge in [0.25, 0.3) is 0 Å². The van der Waals surface area contributed by atoms with Crippen LogP contribution in [0, 0.1) is 0 Å². The first-order chi connectivity index (χ1) is 15.9. The fraction of sp³-hybridized carbons (Fsp3) is 0.269. The van der Waals surface area contributed by atoms with E-state index in [1.807, 2.05) is 48.5 Å². The summed E-state index contributed by atoms with van der Waals surface area (Å²) in [4.78, 5) is 15.1. The van der Waals surface area contributed by atoms with E-state index in [0.29, 0.717) is 24.8 Å². The van der Waals surface area contributed by atoms with Gasteiger partial charge in [-0.15, -0.1) is 0 Å². The molecule has 1 amide bonds. The number of benzene rings is 3. The number of anilines is 1. The van der Waals surface area contributed by atoms with Gasteiger partial charge in [0.1, 0.15) is 0 Å². The number of hydrogen-bond acceptors (Lipinski definition) is 4. The maximum absolute atomic E-state index is 12.9. The zero-order valence-electron chi connectivity index (χ0n) is 18.7. The Bertz CT molecular complexity index is 1160. The molecule has 0 aliphatic heterocycles. The number of carbonyl (C=O) groups is 1. The van der Waals surface area contributed by atoms with Crippen LogP contribution in [0.2, 0.25) is 0 Å². The van der Waals surface area contributed by atoms with Crippen LogP contribution >= 0.6 is 0 Å². The molecule has 0 atom stereocenters. The minimum absolute atomic E-state index is 0.102. The zero-order valence-corrected chi connectivity index (χ0v) is 19.5. The summed E-state index contributed by atoms with van der Waals surface area (Å²) in [5, 5.41) is 2.90. The Hall–Kier alpha value is -3.00. The monoisotopic (exact) mass is 463 g/mol. The zero-order chi connectivity index (χ0) is 23.3. The third kappa shape index (κ3) is 6.28. The SMILES string of the molecule is CN(Cc1ccccc1)S(=O)(=O)c1ccc(NC(=O)CN(Cc2ccccc2)C2CC2)cc1. The van der Waals surface area contributed by atoms with Crippen molar-refractivity contribution in [2.75, 3.05) is 18.9 Å². The molecule has 3 aromatic carbocycles. The summed E-state index contributed by atoms with van der Waals surface area (Å²) in [5.41, 5.74) is 2.69. The van der Waals surface area contributed by atoms with E-state index in [-0.39, 0.29) is 10.8 Å². The van der Waals surface area contributed by atoms with Crippen LogP contribution in [-0.2, 0) is 27.9 Å². The van der Waals surface area contributed by atoms with Crippen molar-refractivity contribution in [1.82, 2.24) is 9.21 Å². The Morgan fingerprint density at radius 3 is 1.94 bits per heavy atom. The first-order valence-corrected chi connectivity index (χ1v) is 12.5. The fourth-order valence-electron chi connectivity index (χ4n) is 3.77. The summed E-state index contributed by atoms with van der Waals surface area (Å²) in [5.74, 6) is -0.102. The second kappa shape index (κ2) is 10.3. The molecular formula is C26H29N3O3S. The Morgan fingerprint density at radius 1 is 0.848 bits per heavy atom. The molecule has 0 heterocycles. The standard InChI is InChI=1S/C26H29N3O3S/c1-28(18-21-8-4-2-5-9-21)33(31,32)25-16-12-23(13-17-25)27-26(30)20-29(24-14-15-24)19-22-10-6-3-7-11-22/h2-13,16-17,24H,14-15,18-20H2,1H3,(H,27,30). The van der Waals surface area contributed by atoms with Crippen molar-refractivity contribution in [2.24, 2.45) is 0 Å². The topological polar surface area (TPSA) is 69.7 Å². The highest BCUT2D eigenvalue weighted by Gasteiger charge is 2.30. The second-order valence-corrected chi connectivity index (χ2v) is 10.5. The molecule has 172 valence electrons. The average molecular weight is 464 g/mol. The van der Waals surface area contributed by atoms with Gasteiger partial charge in [0.05, 0.1) is 11.4 Å². The Balaban J connectivity index is 1.36. The van der Waals surface area contributed by atoms with E-state index >= 15 is 0 Å². The lowest BCUT2D eigenvalue weighted by Gasteiger charge is -2.21. The molecule has 0 bridgehead atoms. The van der Waals surface area contributed by atoms with Gasteiger partial charge in [0.15, 0.2) is 0 Å². The van der Waals surface area contributed by atoms with Gasteiger partial charge in [-0.05, 0) is 48.2 Å². The van der Waals surface area contributed by atoms with E-state index < -0.39 is 10.0 Å². The van der Waals surface area contributed by atoms with Crippen molar-refractivity contribution in [3.8, 4) is 0 Å². The molecule has 33 heavy (non-hydrogen) atoms. The quantitative estimate of drug-likeness (QED) is 0.491. The van der Waals surface area contributed by atoms with E-state index in [9.17, 15) is 13.2 Å². The van der Waals surface area contributed by atoms with Crippen molar-refractivity contribution in [3.63, 3.8) is 0 Å². The van der Waals surface area contributed by atoms with Crippen LogP contribution in [0.3, 0.4) is 0 Å². The smallest absolute Gasteiger partial charge is 0.243 e. The molecule has 4 rings (SSSR count). The highest BCUT2D eigenvalue weighted by molar-refractivity contribution is 7.89. The number of nitrogens with one attached hydrogen (secondary N) is 1. The molecule has 0 radical (unpaired) electrons. The lowest BCUT2D eigenvalue weighted by atomic mass is 10.2. The molecule has 0 unspecified atom stereocenters. The van der Waals surface area contributed by atoms with E-state index in [0.717, 1.165) is 24.9 Å². The summed E-state index contributed by atoms with van der Waals surface area (Å²) in [6.45, 7) is 1.34. The van der Waals surface area contributed by atoms with E-state index in [4.69, 9.17) is 0 Å². The Labute approximate surface area is 195 Å². The Kier molecular flexibility index (Phi) is 7.23.